The number of thiophene rings is 1. The second-order valence-corrected chi connectivity index (χ2v) is 9.66. The normalized spacial score (nSPS) is 16.3. The molecule has 0 saturated carbocycles. The van der Waals surface area contributed by atoms with Crippen LogP contribution in [0.4, 0.5) is 0 Å². The van der Waals surface area contributed by atoms with Crippen molar-refractivity contribution in [2.45, 2.75) is 49.8 Å². The van der Waals surface area contributed by atoms with Crippen LogP contribution >= 0.6 is 23.1 Å². The van der Waals surface area contributed by atoms with E-state index in [0.717, 1.165) is 17.7 Å². The summed E-state index contributed by atoms with van der Waals surface area (Å²) >= 11 is 3.80. The summed E-state index contributed by atoms with van der Waals surface area (Å²) in [4.78, 5) is 14.3. The van der Waals surface area contributed by atoms with Crippen molar-refractivity contribution >= 4 is 33.3 Å². The van der Waals surface area contributed by atoms with Gasteiger partial charge in [0.15, 0.2) is 0 Å². The van der Waals surface area contributed by atoms with E-state index in [9.17, 15) is 0 Å². The van der Waals surface area contributed by atoms with Crippen LogP contribution in [0.2, 0.25) is 0 Å². The van der Waals surface area contributed by atoms with Crippen molar-refractivity contribution in [3.63, 3.8) is 0 Å². The lowest BCUT2D eigenvalue weighted by molar-refractivity contribution is 0.282. The molecule has 4 rings (SSSR count). The largest absolute Gasteiger partial charge is 0.306 e. The molecule has 3 nitrogen and oxygen atoms in total. The Morgan fingerprint density at radius 1 is 1.07 bits per heavy atom. The summed E-state index contributed by atoms with van der Waals surface area (Å²) in [6.45, 7) is 6.81. The quantitative estimate of drug-likeness (QED) is 0.519. The van der Waals surface area contributed by atoms with E-state index in [1.807, 2.05) is 23.1 Å². The molecular formula is C22H27N3S2. The maximum absolute atomic E-state index is 4.73. The summed E-state index contributed by atoms with van der Waals surface area (Å²) in [6, 6.07) is 9.06. The Hall–Kier alpha value is -1.43. The number of likely N-dealkylation sites (tertiary alicyclic amines) is 1. The third-order valence-corrected chi connectivity index (χ3v) is 8.02. The van der Waals surface area contributed by atoms with Gasteiger partial charge in [-0.2, -0.15) is 0 Å². The number of hydrogen-bond acceptors (Lipinski definition) is 5. The predicted octanol–water partition coefficient (Wildman–Crippen LogP) is 5.67. The molecule has 1 aliphatic rings. The third kappa shape index (κ3) is 3.91. The van der Waals surface area contributed by atoms with Crippen LogP contribution in [0.3, 0.4) is 0 Å². The molecule has 1 aromatic carbocycles. The number of thioether (sulfide) groups is 1. The zero-order chi connectivity index (χ0) is 18.8. The molecule has 27 heavy (non-hydrogen) atoms. The lowest BCUT2D eigenvalue weighted by atomic mass is 10.0. The molecule has 0 radical (unpaired) electrons. The number of fused-ring (bicyclic) bond motifs is 1. The van der Waals surface area contributed by atoms with Crippen LogP contribution < -0.4 is 0 Å². The van der Waals surface area contributed by atoms with Crippen LogP contribution in [0, 0.1) is 0 Å². The molecular weight excluding hydrogens is 370 g/mol. The molecule has 0 aliphatic carbocycles. The number of aryl methyl sites for hydroxylation is 2. The second-order valence-electron chi connectivity index (χ2n) is 7.28. The van der Waals surface area contributed by atoms with E-state index in [2.05, 4.69) is 55.0 Å². The Morgan fingerprint density at radius 3 is 2.48 bits per heavy atom. The molecule has 2 aromatic heterocycles. The molecule has 1 fully saturated rings. The second kappa shape index (κ2) is 8.29. The molecule has 5 heteroatoms. The number of benzene rings is 1. The standard InChI is InChI=1S/C22H27N3S2/c1-4-15-6-8-16(9-7-15)19-18(5-2)27-22-20(19)21(23-14-24-22)26-17-10-12-25(3)13-11-17/h6-9,14,17H,4-5,10-13H2,1-3H3. The predicted molar refractivity (Wildman–Crippen MR) is 118 cm³/mol. The number of piperidine rings is 1. The van der Waals surface area contributed by atoms with Gasteiger partial charge in [0, 0.05) is 15.7 Å². The van der Waals surface area contributed by atoms with E-state index in [4.69, 9.17) is 4.98 Å². The third-order valence-electron chi connectivity index (χ3n) is 5.44. The number of hydrogen-bond donors (Lipinski definition) is 0. The van der Waals surface area contributed by atoms with Crippen molar-refractivity contribution in [3.8, 4) is 11.1 Å². The summed E-state index contributed by atoms with van der Waals surface area (Å²) in [5.41, 5.74) is 4.04. The topological polar surface area (TPSA) is 29.0 Å². The Morgan fingerprint density at radius 2 is 1.81 bits per heavy atom. The highest BCUT2D eigenvalue weighted by Crippen LogP contribution is 2.43. The Kier molecular flexibility index (Phi) is 5.81. The van der Waals surface area contributed by atoms with E-state index in [1.165, 1.54) is 57.9 Å². The lowest BCUT2D eigenvalue weighted by Crippen LogP contribution is -2.31. The summed E-state index contributed by atoms with van der Waals surface area (Å²) in [5.74, 6) is 0. The molecule has 0 unspecified atom stereocenters. The fourth-order valence-electron chi connectivity index (χ4n) is 3.76. The van der Waals surface area contributed by atoms with Gasteiger partial charge in [-0.25, -0.2) is 9.97 Å². The van der Waals surface area contributed by atoms with Gasteiger partial charge in [0.05, 0.1) is 5.39 Å². The first-order valence-electron chi connectivity index (χ1n) is 9.90. The van der Waals surface area contributed by atoms with Crippen LogP contribution in [0.15, 0.2) is 35.6 Å². The average molecular weight is 398 g/mol. The van der Waals surface area contributed by atoms with Crippen molar-refractivity contribution in [2.75, 3.05) is 20.1 Å². The Balaban J connectivity index is 1.77. The van der Waals surface area contributed by atoms with E-state index in [0.29, 0.717) is 5.25 Å². The van der Waals surface area contributed by atoms with Crippen molar-refractivity contribution in [2.24, 2.45) is 0 Å². The van der Waals surface area contributed by atoms with Crippen molar-refractivity contribution < 1.29 is 0 Å². The van der Waals surface area contributed by atoms with Crippen LogP contribution in [0.1, 0.15) is 37.1 Å². The van der Waals surface area contributed by atoms with Crippen molar-refractivity contribution in [1.29, 1.82) is 0 Å². The first kappa shape index (κ1) is 18.9. The molecule has 0 spiro atoms. The molecule has 0 atom stereocenters. The van der Waals surface area contributed by atoms with Gasteiger partial charge in [-0.1, -0.05) is 38.1 Å². The van der Waals surface area contributed by atoms with Crippen LogP contribution in [0.25, 0.3) is 21.3 Å². The van der Waals surface area contributed by atoms with Crippen molar-refractivity contribution in [3.05, 3.63) is 41.0 Å². The van der Waals surface area contributed by atoms with Crippen LogP contribution in [0.5, 0.6) is 0 Å². The minimum atomic E-state index is 0.652. The summed E-state index contributed by atoms with van der Waals surface area (Å²) in [7, 11) is 2.22. The fraction of sp³-hybridized carbons (Fsp3) is 0.455. The van der Waals surface area contributed by atoms with Gasteiger partial charge in [-0.15, -0.1) is 23.1 Å². The molecule has 1 saturated heterocycles. The average Bonchev–Trinajstić information content (AvgIpc) is 3.09. The summed E-state index contributed by atoms with van der Waals surface area (Å²) < 4.78 is 0. The zero-order valence-electron chi connectivity index (χ0n) is 16.4. The van der Waals surface area contributed by atoms with Crippen LogP contribution in [-0.2, 0) is 12.8 Å². The van der Waals surface area contributed by atoms with Gasteiger partial charge in [0.1, 0.15) is 16.2 Å². The highest BCUT2D eigenvalue weighted by Gasteiger charge is 2.23. The van der Waals surface area contributed by atoms with Crippen LogP contribution in [-0.4, -0.2) is 40.3 Å². The molecule has 0 amide bonds. The monoisotopic (exact) mass is 397 g/mol. The molecule has 3 heterocycles. The number of rotatable bonds is 5. The molecule has 142 valence electrons. The highest BCUT2D eigenvalue weighted by molar-refractivity contribution is 8.00. The zero-order valence-corrected chi connectivity index (χ0v) is 18.0. The summed E-state index contributed by atoms with van der Waals surface area (Å²) in [5, 5.41) is 3.09. The van der Waals surface area contributed by atoms with Gasteiger partial charge in [0.25, 0.3) is 0 Å². The minimum absolute atomic E-state index is 0.652. The minimum Gasteiger partial charge on any atom is -0.306 e. The number of nitrogens with zero attached hydrogens (tertiary/aromatic N) is 3. The Labute approximate surface area is 170 Å². The molecule has 1 aliphatic heterocycles. The molecule has 0 bridgehead atoms. The van der Waals surface area contributed by atoms with E-state index < -0.39 is 0 Å². The van der Waals surface area contributed by atoms with Gasteiger partial charge >= 0.3 is 0 Å². The molecule has 3 aromatic rings. The van der Waals surface area contributed by atoms with Gasteiger partial charge in [-0.3, -0.25) is 0 Å². The first-order chi connectivity index (χ1) is 13.2. The highest BCUT2D eigenvalue weighted by atomic mass is 32.2. The summed E-state index contributed by atoms with van der Waals surface area (Å²) in [6.07, 6.45) is 6.32. The Bertz CT molecular complexity index is 909. The number of aromatic nitrogens is 2. The van der Waals surface area contributed by atoms with E-state index in [-0.39, 0.29) is 0 Å². The van der Waals surface area contributed by atoms with E-state index >= 15 is 0 Å². The van der Waals surface area contributed by atoms with Crippen molar-refractivity contribution in [1.82, 2.24) is 14.9 Å². The molecule has 0 N–H and O–H groups in total. The smallest absolute Gasteiger partial charge is 0.128 e. The maximum Gasteiger partial charge on any atom is 0.128 e. The first-order valence-corrected chi connectivity index (χ1v) is 11.6. The van der Waals surface area contributed by atoms with E-state index in [1.54, 1.807) is 6.33 Å². The van der Waals surface area contributed by atoms with Gasteiger partial charge in [-0.05, 0) is 56.9 Å². The lowest BCUT2D eigenvalue weighted by Gasteiger charge is -2.28. The maximum atomic E-state index is 4.73. The SMILES string of the molecule is CCc1ccc(-c2c(CC)sc3ncnc(SC4CCN(C)CC4)c23)cc1. The fourth-order valence-corrected chi connectivity index (χ4v) is 6.12. The van der Waals surface area contributed by atoms with Gasteiger partial charge in [0.2, 0.25) is 0 Å². The van der Waals surface area contributed by atoms with Gasteiger partial charge < -0.3 is 4.90 Å².